The van der Waals surface area contributed by atoms with Gasteiger partial charge < -0.3 is 9.84 Å². The first kappa shape index (κ1) is 9.96. The number of hydrogen-bond acceptors (Lipinski definition) is 3. The van der Waals surface area contributed by atoms with E-state index in [-0.39, 0.29) is 6.10 Å². The van der Waals surface area contributed by atoms with E-state index in [1.165, 1.54) is 0 Å². The quantitative estimate of drug-likeness (QED) is 0.614. The summed E-state index contributed by atoms with van der Waals surface area (Å²) in [4.78, 5) is 2.25. The van der Waals surface area contributed by atoms with Gasteiger partial charge in [-0.1, -0.05) is 6.92 Å². The van der Waals surface area contributed by atoms with Gasteiger partial charge in [-0.25, -0.2) is 0 Å². The Kier molecular flexibility index (Phi) is 4.58. The third kappa shape index (κ3) is 3.52. The lowest BCUT2D eigenvalue weighted by atomic mass is 10.3. The second kappa shape index (κ2) is 5.51. The van der Waals surface area contributed by atoms with Crippen LogP contribution in [0.1, 0.15) is 19.8 Å². The largest absolute Gasteiger partial charge is 0.392 e. The van der Waals surface area contributed by atoms with Gasteiger partial charge in [-0.2, -0.15) is 0 Å². The van der Waals surface area contributed by atoms with Crippen LogP contribution in [0, 0.1) is 0 Å². The molecule has 1 aliphatic rings. The summed E-state index contributed by atoms with van der Waals surface area (Å²) in [6.45, 7) is 6.60. The van der Waals surface area contributed by atoms with E-state index in [4.69, 9.17) is 4.74 Å². The normalized spacial score (nSPS) is 25.0. The van der Waals surface area contributed by atoms with Gasteiger partial charge in [-0.05, 0) is 12.8 Å². The van der Waals surface area contributed by atoms with Crippen LogP contribution in [-0.2, 0) is 4.74 Å². The summed E-state index contributed by atoms with van der Waals surface area (Å²) in [6, 6.07) is 0. The molecule has 12 heavy (non-hydrogen) atoms. The van der Waals surface area contributed by atoms with Crippen LogP contribution >= 0.6 is 0 Å². The summed E-state index contributed by atoms with van der Waals surface area (Å²) in [5.74, 6) is 0. The molecule has 1 heterocycles. The summed E-state index contributed by atoms with van der Waals surface area (Å²) < 4.78 is 5.36. The Morgan fingerprint density at radius 2 is 2.33 bits per heavy atom. The van der Waals surface area contributed by atoms with Crippen molar-refractivity contribution in [2.24, 2.45) is 0 Å². The molecule has 1 fully saturated rings. The molecule has 0 aliphatic carbocycles. The van der Waals surface area contributed by atoms with Crippen molar-refractivity contribution in [2.45, 2.75) is 25.9 Å². The molecular weight excluding hydrogens is 154 g/mol. The van der Waals surface area contributed by atoms with E-state index < -0.39 is 0 Å². The van der Waals surface area contributed by atoms with Crippen LogP contribution in [0.15, 0.2) is 0 Å². The van der Waals surface area contributed by atoms with Crippen LogP contribution in [0.4, 0.5) is 0 Å². The van der Waals surface area contributed by atoms with E-state index in [0.29, 0.717) is 0 Å². The Morgan fingerprint density at radius 3 is 2.92 bits per heavy atom. The third-order valence-electron chi connectivity index (χ3n) is 2.15. The molecule has 0 saturated carbocycles. The number of nitrogens with zero attached hydrogens (tertiary/aromatic N) is 1. The molecule has 0 bridgehead atoms. The smallest absolute Gasteiger partial charge is 0.0679 e. The SMILES string of the molecule is CCCOCCN1CCC(O)C1. The Balaban J connectivity index is 1.93. The van der Waals surface area contributed by atoms with Crippen LogP contribution in [0.3, 0.4) is 0 Å². The summed E-state index contributed by atoms with van der Waals surface area (Å²) in [5, 5.41) is 9.22. The zero-order chi connectivity index (χ0) is 8.81. The number of ether oxygens (including phenoxy) is 1. The van der Waals surface area contributed by atoms with E-state index >= 15 is 0 Å². The average molecular weight is 173 g/mol. The second-order valence-electron chi connectivity index (χ2n) is 3.36. The summed E-state index contributed by atoms with van der Waals surface area (Å²) >= 11 is 0. The van der Waals surface area contributed by atoms with Gasteiger partial charge in [0.15, 0.2) is 0 Å². The Morgan fingerprint density at radius 1 is 1.50 bits per heavy atom. The van der Waals surface area contributed by atoms with Crippen molar-refractivity contribution in [1.29, 1.82) is 0 Å². The number of β-amino-alcohol motifs (C(OH)–C–C–N with tert-alkyl or cyclic N) is 1. The number of aliphatic hydroxyl groups is 1. The number of hydrogen-bond donors (Lipinski definition) is 1. The molecule has 0 aromatic heterocycles. The van der Waals surface area contributed by atoms with E-state index in [9.17, 15) is 5.11 Å². The number of rotatable bonds is 5. The van der Waals surface area contributed by atoms with Crippen molar-refractivity contribution in [1.82, 2.24) is 4.90 Å². The first-order valence-corrected chi connectivity index (χ1v) is 4.81. The average Bonchev–Trinajstić information content (AvgIpc) is 2.45. The minimum absolute atomic E-state index is 0.101. The maximum absolute atomic E-state index is 9.22. The van der Waals surface area contributed by atoms with Gasteiger partial charge in [0.2, 0.25) is 0 Å². The fourth-order valence-electron chi connectivity index (χ4n) is 1.46. The maximum Gasteiger partial charge on any atom is 0.0679 e. The van der Waals surface area contributed by atoms with Gasteiger partial charge in [0.1, 0.15) is 0 Å². The standard InChI is InChI=1S/C9H19NO2/c1-2-6-12-7-5-10-4-3-9(11)8-10/h9,11H,2-8H2,1H3. The van der Waals surface area contributed by atoms with Gasteiger partial charge >= 0.3 is 0 Å². The van der Waals surface area contributed by atoms with Crippen molar-refractivity contribution in [3.05, 3.63) is 0 Å². The van der Waals surface area contributed by atoms with Gasteiger partial charge in [0.25, 0.3) is 0 Å². The van der Waals surface area contributed by atoms with E-state index in [2.05, 4.69) is 11.8 Å². The minimum atomic E-state index is -0.101. The van der Waals surface area contributed by atoms with Crippen molar-refractivity contribution in [3.8, 4) is 0 Å². The van der Waals surface area contributed by atoms with E-state index in [0.717, 1.165) is 45.7 Å². The van der Waals surface area contributed by atoms with Gasteiger partial charge in [-0.3, -0.25) is 4.90 Å². The highest BCUT2D eigenvalue weighted by atomic mass is 16.5. The lowest BCUT2D eigenvalue weighted by Crippen LogP contribution is -2.26. The third-order valence-corrected chi connectivity index (χ3v) is 2.15. The molecule has 3 heteroatoms. The van der Waals surface area contributed by atoms with E-state index in [1.807, 2.05) is 0 Å². The molecule has 1 N–H and O–H groups in total. The van der Waals surface area contributed by atoms with E-state index in [1.54, 1.807) is 0 Å². The van der Waals surface area contributed by atoms with Crippen LogP contribution < -0.4 is 0 Å². The molecule has 72 valence electrons. The van der Waals surface area contributed by atoms with Crippen LogP contribution in [0.2, 0.25) is 0 Å². The molecule has 0 radical (unpaired) electrons. The first-order valence-electron chi connectivity index (χ1n) is 4.81. The molecule has 1 saturated heterocycles. The van der Waals surface area contributed by atoms with Crippen molar-refractivity contribution >= 4 is 0 Å². The van der Waals surface area contributed by atoms with Gasteiger partial charge in [0.05, 0.1) is 12.7 Å². The fraction of sp³-hybridized carbons (Fsp3) is 1.00. The molecule has 0 aromatic carbocycles. The topological polar surface area (TPSA) is 32.7 Å². The van der Waals surface area contributed by atoms with Crippen LogP contribution in [0.25, 0.3) is 0 Å². The second-order valence-corrected chi connectivity index (χ2v) is 3.36. The van der Waals surface area contributed by atoms with Gasteiger partial charge in [0, 0.05) is 26.2 Å². The Labute approximate surface area is 74.3 Å². The Bertz CT molecular complexity index is 119. The zero-order valence-electron chi connectivity index (χ0n) is 7.83. The van der Waals surface area contributed by atoms with Crippen molar-refractivity contribution in [3.63, 3.8) is 0 Å². The van der Waals surface area contributed by atoms with Crippen molar-refractivity contribution < 1.29 is 9.84 Å². The molecule has 1 atom stereocenters. The molecule has 0 aromatic rings. The number of likely N-dealkylation sites (tertiary alicyclic amines) is 1. The predicted molar refractivity (Wildman–Crippen MR) is 48.2 cm³/mol. The Hall–Kier alpha value is -0.120. The molecule has 0 amide bonds. The summed E-state index contributed by atoms with van der Waals surface area (Å²) in [7, 11) is 0. The van der Waals surface area contributed by atoms with Gasteiger partial charge in [-0.15, -0.1) is 0 Å². The highest BCUT2D eigenvalue weighted by Gasteiger charge is 2.18. The lowest BCUT2D eigenvalue weighted by molar-refractivity contribution is 0.105. The zero-order valence-corrected chi connectivity index (χ0v) is 7.83. The number of aliphatic hydroxyl groups excluding tert-OH is 1. The molecule has 0 spiro atoms. The van der Waals surface area contributed by atoms with Crippen molar-refractivity contribution in [2.75, 3.05) is 32.8 Å². The fourth-order valence-corrected chi connectivity index (χ4v) is 1.46. The molecule has 1 aliphatic heterocycles. The summed E-state index contributed by atoms with van der Waals surface area (Å²) in [5.41, 5.74) is 0. The van der Waals surface area contributed by atoms with Crippen LogP contribution in [0.5, 0.6) is 0 Å². The van der Waals surface area contributed by atoms with Crippen LogP contribution in [-0.4, -0.2) is 49.0 Å². The highest BCUT2D eigenvalue weighted by Crippen LogP contribution is 2.07. The summed E-state index contributed by atoms with van der Waals surface area (Å²) in [6.07, 6.45) is 1.91. The highest BCUT2D eigenvalue weighted by molar-refractivity contribution is 4.73. The lowest BCUT2D eigenvalue weighted by Gasteiger charge is -2.14. The molecular formula is C9H19NO2. The monoisotopic (exact) mass is 173 g/mol. The molecule has 3 nitrogen and oxygen atoms in total. The molecule has 1 rings (SSSR count). The first-order chi connectivity index (χ1) is 5.83. The minimum Gasteiger partial charge on any atom is -0.392 e. The molecule has 1 unspecified atom stereocenters. The predicted octanol–water partition coefficient (Wildman–Crippen LogP) is 0.480. The maximum atomic E-state index is 9.22.